The number of esters is 1. The van der Waals surface area contributed by atoms with Gasteiger partial charge in [-0.3, -0.25) is 9.59 Å². The molecular formula is C13H19NO6S. The highest BCUT2D eigenvalue weighted by atomic mass is 32.2. The third-order valence-corrected chi connectivity index (χ3v) is 5.61. The van der Waals surface area contributed by atoms with Gasteiger partial charge >= 0.3 is 5.97 Å². The molecule has 0 fully saturated rings. The highest BCUT2D eigenvalue weighted by molar-refractivity contribution is 7.93. The molecule has 118 valence electrons. The molecule has 0 spiro atoms. The van der Waals surface area contributed by atoms with E-state index in [-0.39, 0.29) is 13.0 Å². The molecule has 2 unspecified atom stereocenters. The van der Waals surface area contributed by atoms with Crippen LogP contribution in [0.25, 0.3) is 0 Å². The van der Waals surface area contributed by atoms with Crippen LogP contribution in [0.4, 0.5) is 0 Å². The van der Waals surface area contributed by atoms with Gasteiger partial charge in [0.15, 0.2) is 9.84 Å². The zero-order valence-corrected chi connectivity index (χ0v) is 13.0. The van der Waals surface area contributed by atoms with Crippen LogP contribution in [0, 0.1) is 0 Å². The molecule has 21 heavy (non-hydrogen) atoms. The fourth-order valence-electron chi connectivity index (χ4n) is 1.66. The van der Waals surface area contributed by atoms with Crippen LogP contribution in [0.5, 0.6) is 0 Å². The van der Waals surface area contributed by atoms with E-state index in [4.69, 9.17) is 4.42 Å². The summed E-state index contributed by atoms with van der Waals surface area (Å²) in [6.07, 6.45) is 1.18. The maximum Gasteiger partial charge on any atom is 0.306 e. The first-order chi connectivity index (χ1) is 9.78. The summed E-state index contributed by atoms with van der Waals surface area (Å²) >= 11 is 0. The standard InChI is InChI=1S/C13H19NO6S/c1-9(7-12(15)19-3)21(17,18)10(2)13(16)14-8-11-5-4-6-20-11/h4-6,9-10H,7-8H2,1-3H3,(H,14,16). The molecule has 0 saturated carbocycles. The van der Waals surface area contributed by atoms with Crippen molar-refractivity contribution in [2.75, 3.05) is 7.11 Å². The monoisotopic (exact) mass is 317 g/mol. The summed E-state index contributed by atoms with van der Waals surface area (Å²) in [6.45, 7) is 2.78. The van der Waals surface area contributed by atoms with E-state index < -0.39 is 32.2 Å². The molecule has 0 bridgehead atoms. The van der Waals surface area contributed by atoms with Crippen molar-refractivity contribution in [1.29, 1.82) is 0 Å². The molecule has 1 rings (SSSR count). The summed E-state index contributed by atoms with van der Waals surface area (Å²) in [5, 5.41) is 0.236. The molecule has 0 aromatic carbocycles. The van der Waals surface area contributed by atoms with Gasteiger partial charge in [0.05, 0.1) is 31.6 Å². The van der Waals surface area contributed by atoms with Crippen molar-refractivity contribution < 1.29 is 27.2 Å². The van der Waals surface area contributed by atoms with E-state index in [1.165, 1.54) is 27.2 Å². The maximum absolute atomic E-state index is 12.2. The van der Waals surface area contributed by atoms with E-state index in [0.717, 1.165) is 0 Å². The molecule has 2 atom stereocenters. The van der Waals surface area contributed by atoms with E-state index in [1.807, 2.05) is 0 Å². The van der Waals surface area contributed by atoms with Crippen LogP contribution < -0.4 is 5.32 Å². The molecule has 0 radical (unpaired) electrons. The van der Waals surface area contributed by atoms with E-state index in [2.05, 4.69) is 10.1 Å². The lowest BCUT2D eigenvalue weighted by atomic mass is 10.3. The van der Waals surface area contributed by atoms with Gasteiger partial charge in [0, 0.05) is 0 Å². The second kappa shape index (κ2) is 7.26. The van der Waals surface area contributed by atoms with Gasteiger partial charge in [-0.2, -0.15) is 0 Å². The molecule has 0 aliphatic heterocycles. The summed E-state index contributed by atoms with van der Waals surface area (Å²) in [4.78, 5) is 23.0. The molecule has 0 aliphatic rings. The number of hydrogen-bond acceptors (Lipinski definition) is 6. The Morgan fingerprint density at radius 1 is 1.38 bits per heavy atom. The highest BCUT2D eigenvalue weighted by Crippen LogP contribution is 2.14. The second-order valence-corrected chi connectivity index (χ2v) is 7.31. The molecule has 0 aliphatic carbocycles. The minimum atomic E-state index is -3.78. The number of hydrogen-bond donors (Lipinski definition) is 1. The van der Waals surface area contributed by atoms with Gasteiger partial charge in [-0.1, -0.05) is 0 Å². The lowest BCUT2D eigenvalue weighted by molar-refractivity contribution is -0.140. The lowest BCUT2D eigenvalue weighted by Crippen LogP contribution is -2.41. The van der Waals surface area contributed by atoms with Crippen LogP contribution in [0.15, 0.2) is 22.8 Å². The Morgan fingerprint density at radius 2 is 2.05 bits per heavy atom. The van der Waals surface area contributed by atoms with Crippen LogP contribution in [0.3, 0.4) is 0 Å². The van der Waals surface area contributed by atoms with E-state index in [1.54, 1.807) is 12.1 Å². The first-order valence-corrected chi connectivity index (χ1v) is 7.99. The SMILES string of the molecule is COC(=O)CC(C)S(=O)(=O)C(C)C(=O)NCc1ccco1. The van der Waals surface area contributed by atoms with Gasteiger partial charge < -0.3 is 14.5 Å². The predicted octanol–water partition coefficient (Wildman–Crippen LogP) is 0.651. The number of sulfone groups is 1. The quantitative estimate of drug-likeness (QED) is 0.741. The van der Waals surface area contributed by atoms with Crippen molar-refractivity contribution in [2.45, 2.75) is 37.3 Å². The van der Waals surface area contributed by atoms with Crippen LogP contribution in [0.2, 0.25) is 0 Å². The summed E-state index contributed by atoms with van der Waals surface area (Å²) in [5.41, 5.74) is 0. The van der Waals surface area contributed by atoms with Crippen LogP contribution in [-0.4, -0.2) is 37.9 Å². The molecule has 1 aromatic heterocycles. The predicted molar refractivity (Wildman–Crippen MR) is 75.0 cm³/mol. The average molecular weight is 317 g/mol. The number of methoxy groups -OCH3 is 1. The Balaban J connectivity index is 2.64. The number of carbonyl (C=O) groups is 2. The maximum atomic E-state index is 12.2. The third-order valence-electron chi connectivity index (χ3n) is 3.12. The van der Waals surface area contributed by atoms with Crippen LogP contribution in [-0.2, 0) is 30.7 Å². The second-order valence-electron chi connectivity index (χ2n) is 4.62. The van der Waals surface area contributed by atoms with E-state index >= 15 is 0 Å². The zero-order chi connectivity index (χ0) is 16.0. The first-order valence-electron chi connectivity index (χ1n) is 6.38. The molecular weight excluding hydrogens is 298 g/mol. The van der Waals surface area contributed by atoms with Crippen molar-refractivity contribution in [3.63, 3.8) is 0 Å². The minimum absolute atomic E-state index is 0.108. The van der Waals surface area contributed by atoms with Crippen molar-refractivity contribution in [3.05, 3.63) is 24.2 Å². The van der Waals surface area contributed by atoms with Gasteiger partial charge in [0.1, 0.15) is 11.0 Å². The van der Waals surface area contributed by atoms with Crippen molar-refractivity contribution in [2.24, 2.45) is 0 Å². The summed E-state index contributed by atoms with van der Waals surface area (Å²) in [6, 6.07) is 3.33. The summed E-state index contributed by atoms with van der Waals surface area (Å²) in [5.74, 6) is -0.743. The Kier molecular flexibility index (Phi) is 5.95. The number of amides is 1. The van der Waals surface area contributed by atoms with Crippen LogP contribution >= 0.6 is 0 Å². The largest absolute Gasteiger partial charge is 0.469 e. The average Bonchev–Trinajstić information content (AvgIpc) is 2.96. The molecule has 0 saturated heterocycles. The first kappa shape index (κ1) is 17.2. The van der Waals surface area contributed by atoms with Crippen molar-refractivity contribution in [1.82, 2.24) is 5.32 Å². The Bertz CT molecular complexity index is 578. The Morgan fingerprint density at radius 3 is 2.57 bits per heavy atom. The molecule has 1 aromatic rings. The number of furan rings is 1. The topological polar surface area (TPSA) is 103 Å². The van der Waals surface area contributed by atoms with Crippen molar-refractivity contribution in [3.8, 4) is 0 Å². The normalized spacial score (nSPS) is 14.2. The van der Waals surface area contributed by atoms with Gasteiger partial charge in [-0.05, 0) is 26.0 Å². The van der Waals surface area contributed by atoms with Crippen LogP contribution in [0.1, 0.15) is 26.0 Å². The Hall–Kier alpha value is -1.83. The summed E-state index contributed by atoms with van der Waals surface area (Å²) in [7, 11) is -2.60. The lowest BCUT2D eigenvalue weighted by Gasteiger charge is -2.17. The smallest absolute Gasteiger partial charge is 0.306 e. The van der Waals surface area contributed by atoms with E-state index in [9.17, 15) is 18.0 Å². The molecule has 8 heteroatoms. The van der Waals surface area contributed by atoms with Gasteiger partial charge in [-0.25, -0.2) is 8.42 Å². The fraction of sp³-hybridized carbons (Fsp3) is 0.538. The van der Waals surface area contributed by atoms with E-state index in [0.29, 0.717) is 5.76 Å². The molecule has 1 N–H and O–H groups in total. The molecule has 7 nitrogen and oxygen atoms in total. The van der Waals surface area contributed by atoms with Gasteiger partial charge in [0.25, 0.3) is 0 Å². The van der Waals surface area contributed by atoms with Gasteiger partial charge in [-0.15, -0.1) is 0 Å². The zero-order valence-electron chi connectivity index (χ0n) is 12.2. The highest BCUT2D eigenvalue weighted by Gasteiger charge is 2.34. The number of nitrogens with one attached hydrogen (secondary N) is 1. The van der Waals surface area contributed by atoms with Crippen molar-refractivity contribution >= 4 is 21.7 Å². The molecule has 1 heterocycles. The Labute approximate surface area is 123 Å². The number of rotatable bonds is 7. The van der Waals surface area contributed by atoms with Gasteiger partial charge in [0.2, 0.25) is 5.91 Å². The number of ether oxygens (including phenoxy) is 1. The molecule has 1 amide bonds. The third kappa shape index (κ3) is 4.59. The summed E-state index contributed by atoms with van der Waals surface area (Å²) < 4.78 is 33.9. The fourth-order valence-corrected chi connectivity index (χ4v) is 3.11. The minimum Gasteiger partial charge on any atom is -0.469 e. The number of carbonyl (C=O) groups excluding carboxylic acids is 2.